The molecule has 2 aliphatic heterocycles. The molecule has 1 fully saturated rings. The fourth-order valence-electron chi connectivity index (χ4n) is 4.20. The third-order valence-electron chi connectivity index (χ3n) is 5.64. The molecule has 0 aromatic carbocycles. The molecule has 1 spiro atoms. The summed E-state index contributed by atoms with van der Waals surface area (Å²) in [4.78, 5) is 3.70. The fourth-order valence-corrected chi connectivity index (χ4v) is 6.20. The van der Waals surface area contributed by atoms with Crippen LogP contribution in [-0.2, 0) is 39.7 Å². The molecule has 0 amide bonds. The van der Waals surface area contributed by atoms with Gasteiger partial charge in [-0.1, -0.05) is 16.8 Å². The van der Waals surface area contributed by atoms with E-state index in [1.54, 1.807) is 16.0 Å². The number of thiophene rings is 1. The second kappa shape index (κ2) is 7.68. The zero-order valence-corrected chi connectivity index (χ0v) is 18.5. The quantitative estimate of drug-likeness (QED) is 0.705. The molecule has 2 aromatic heterocycles. The van der Waals surface area contributed by atoms with E-state index in [-0.39, 0.29) is 11.4 Å². The van der Waals surface area contributed by atoms with Gasteiger partial charge in [-0.05, 0) is 37.8 Å². The number of ether oxygens (including phenoxy) is 1. The molecule has 0 radical (unpaired) electrons. The Balaban J connectivity index is 1.41. The average Bonchev–Trinajstić information content (AvgIpc) is 3.22. The van der Waals surface area contributed by atoms with Crippen LogP contribution in [0.5, 0.6) is 0 Å². The van der Waals surface area contributed by atoms with E-state index < -0.39 is 9.84 Å². The van der Waals surface area contributed by atoms with Gasteiger partial charge in [-0.3, -0.25) is 9.58 Å². The maximum absolute atomic E-state index is 11.3. The van der Waals surface area contributed by atoms with Crippen molar-refractivity contribution < 1.29 is 13.2 Å². The van der Waals surface area contributed by atoms with Crippen molar-refractivity contribution in [3.05, 3.63) is 32.7 Å². The number of hydrogen-bond acceptors (Lipinski definition) is 7. The molecular formula is C18H25ClN4O3S2. The van der Waals surface area contributed by atoms with E-state index in [2.05, 4.69) is 28.2 Å². The van der Waals surface area contributed by atoms with Crippen LogP contribution in [0.25, 0.3) is 0 Å². The molecule has 154 valence electrons. The summed E-state index contributed by atoms with van der Waals surface area (Å²) < 4.78 is 31.4. The summed E-state index contributed by atoms with van der Waals surface area (Å²) in [6.07, 6.45) is 5.88. The van der Waals surface area contributed by atoms with Crippen molar-refractivity contribution in [2.45, 2.75) is 50.9 Å². The van der Waals surface area contributed by atoms with Crippen LogP contribution >= 0.6 is 22.9 Å². The number of sulfone groups is 1. The number of aromatic nitrogens is 3. The third-order valence-corrected chi connectivity index (χ3v) is 8.05. The van der Waals surface area contributed by atoms with Crippen molar-refractivity contribution in [3.8, 4) is 0 Å². The summed E-state index contributed by atoms with van der Waals surface area (Å²) in [6, 6.07) is 2.43. The first kappa shape index (κ1) is 20.3. The SMILES string of the molecule is C[C@H]1C[C@@]2(CCN1Cc1cn(CCS(C)(=O)=O)nn1)OCCc1cc(Cl)sc12. The predicted octanol–water partition coefficient (Wildman–Crippen LogP) is 2.49. The molecule has 0 saturated carbocycles. The molecule has 0 unspecified atom stereocenters. The maximum atomic E-state index is 11.3. The van der Waals surface area contributed by atoms with Gasteiger partial charge in [0.1, 0.15) is 15.4 Å². The van der Waals surface area contributed by atoms with Gasteiger partial charge in [0, 0.05) is 36.5 Å². The number of hydrogen-bond donors (Lipinski definition) is 0. The Hall–Kier alpha value is -1.000. The summed E-state index contributed by atoms with van der Waals surface area (Å²) in [5.41, 5.74) is 1.99. The minimum Gasteiger partial charge on any atom is -0.369 e. The molecule has 0 N–H and O–H groups in total. The van der Waals surface area contributed by atoms with Crippen molar-refractivity contribution >= 4 is 32.8 Å². The van der Waals surface area contributed by atoms with Crippen LogP contribution < -0.4 is 0 Å². The van der Waals surface area contributed by atoms with Gasteiger partial charge in [0.05, 0.1) is 28.9 Å². The van der Waals surface area contributed by atoms with Gasteiger partial charge in [-0.15, -0.1) is 16.4 Å². The highest BCUT2D eigenvalue weighted by Crippen LogP contribution is 2.47. The van der Waals surface area contributed by atoms with E-state index >= 15 is 0 Å². The van der Waals surface area contributed by atoms with E-state index in [9.17, 15) is 8.42 Å². The van der Waals surface area contributed by atoms with Gasteiger partial charge in [0.2, 0.25) is 0 Å². The van der Waals surface area contributed by atoms with Crippen LogP contribution in [0.15, 0.2) is 12.3 Å². The topological polar surface area (TPSA) is 77.3 Å². The fraction of sp³-hybridized carbons (Fsp3) is 0.667. The van der Waals surface area contributed by atoms with Crippen LogP contribution in [0.1, 0.15) is 35.9 Å². The molecule has 2 aromatic rings. The van der Waals surface area contributed by atoms with Crippen LogP contribution in [0.3, 0.4) is 0 Å². The second-order valence-electron chi connectivity index (χ2n) is 7.87. The second-order valence-corrected chi connectivity index (χ2v) is 11.8. The standard InChI is InChI=1S/C18H25ClN4O3S2/c1-13-10-18(17-14(3-7-26-18)9-16(19)27-17)4-5-22(13)11-15-12-23(21-20-15)6-8-28(2,24)25/h9,12-13H,3-8,10-11H2,1-2H3/t13-,18+/m0/s1. The van der Waals surface area contributed by atoms with Gasteiger partial charge in [0.15, 0.2) is 0 Å². The third kappa shape index (κ3) is 4.28. The zero-order valence-electron chi connectivity index (χ0n) is 16.1. The van der Waals surface area contributed by atoms with Gasteiger partial charge in [-0.25, -0.2) is 8.42 Å². The number of likely N-dealkylation sites (tertiary alicyclic amines) is 1. The number of halogens is 1. The number of nitrogens with zero attached hydrogens (tertiary/aromatic N) is 4. The maximum Gasteiger partial charge on any atom is 0.149 e. The highest BCUT2D eigenvalue weighted by atomic mass is 35.5. The lowest BCUT2D eigenvalue weighted by Gasteiger charge is -2.46. The minimum absolute atomic E-state index is 0.0709. The molecule has 2 aliphatic rings. The van der Waals surface area contributed by atoms with E-state index in [0.29, 0.717) is 19.1 Å². The number of rotatable bonds is 5. The molecule has 7 nitrogen and oxygen atoms in total. The highest BCUT2D eigenvalue weighted by molar-refractivity contribution is 7.90. The predicted molar refractivity (Wildman–Crippen MR) is 110 cm³/mol. The van der Waals surface area contributed by atoms with Crippen LogP contribution in [-0.4, -0.2) is 59.5 Å². The van der Waals surface area contributed by atoms with E-state index in [1.165, 1.54) is 16.7 Å². The van der Waals surface area contributed by atoms with Crippen LogP contribution in [0.2, 0.25) is 4.34 Å². The monoisotopic (exact) mass is 444 g/mol. The summed E-state index contributed by atoms with van der Waals surface area (Å²) in [6.45, 7) is 4.92. The Kier molecular flexibility index (Phi) is 5.56. The Morgan fingerprint density at radius 3 is 3.04 bits per heavy atom. The molecular weight excluding hydrogens is 420 g/mol. The van der Waals surface area contributed by atoms with Crippen molar-refractivity contribution in [3.63, 3.8) is 0 Å². The first-order valence-electron chi connectivity index (χ1n) is 9.47. The van der Waals surface area contributed by atoms with Crippen molar-refractivity contribution in [1.29, 1.82) is 0 Å². The van der Waals surface area contributed by atoms with E-state index in [4.69, 9.17) is 16.3 Å². The first-order valence-corrected chi connectivity index (χ1v) is 12.7. The molecule has 4 heterocycles. The molecule has 0 bridgehead atoms. The highest BCUT2D eigenvalue weighted by Gasteiger charge is 2.44. The van der Waals surface area contributed by atoms with Crippen molar-refractivity contribution in [1.82, 2.24) is 19.9 Å². The number of fused-ring (bicyclic) bond motifs is 2. The van der Waals surface area contributed by atoms with Gasteiger partial charge in [0.25, 0.3) is 0 Å². The molecule has 4 rings (SSSR count). The molecule has 2 atom stereocenters. The first-order chi connectivity index (χ1) is 13.2. The van der Waals surface area contributed by atoms with Gasteiger partial charge < -0.3 is 4.74 Å². The number of piperidine rings is 1. The number of aryl methyl sites for hydroxylation is 1. The van der Waals surface area contributed by atoms with Crippen LogP contribution in [0, 0.1) is 0 Å². The lowest BCUT2D eigenvalue weighted by Crippen LogP contribution is -2.50. The zero-order chi connectivity index (χ0) is 19.9. The van der Waals surface area contributed by atoms with Crippen molar-refractivity contribution in [2.75, 3.05) is 25.2 Å². The van der Waals surface area contributed by atoms with Gasteiger partial charge >= 0.3 is 0 Å². The molecule has 0 aliphatic carbocycles. The minimum atomic E-state index is -3.01. The van der Waals surface area contributed by atoms with Crippen molar-refractivity contribution in [2.24, 2.45) is 0 Å². The molecule has 28 heavy (non-hydrogen) atoms. The lowest BCUT2D eigenvalue weighted by molar-refractivity contribution is -0.110. The van der Waals surface area contributed by atoms with Crippen LogP contribution in [0.4, 0.5) is 0 Å². The Morgan fingerprint density at radius 1 is 1.46 bits per heavy atom. The smallest absolute Gasteiger partial charge is 0.149 e. The van der Waals surface area contributed by atoms with E-state index in [0.717, 1.165) is 42.4 Å². The summed E-state index contributed by atoms with van der Waals surface area (Å²) >= 11 is 7.94. The lowest BCUT2D eigenvalue weighted by atomic mass is 9.82. The molecule has 1 saturated heterocycles. The summed E-state index contributed by atoms with van der Waals surface area (Å²) in [7, 11) is -3.01. The largest absolute Gasteiger partial charge is 0.369 e. The normalized spacial score (nSPS) is 25.9. The molecule has 10 heteroatoms. The average molecular weight is 445 g/mol. The van der Waals surface area contributed by atoms with E-state index in [1.807, 2.05) is 6.20 Å². The summed E-state index contributed by atoms with van der Waals surface area (Å²) in [5, 5.41) is 8.28. The Labute approximate surface area is 174 Å². The Bertz CT molecular complexity index is 958. The van der Waals surface area contributed by atoms with Gasteiger partial charge in [-0.2, -0.15) is 0 Å². The Morgan fingerprint density at radius 2 is 2.29 bits per heavy atom. The summed E-state index contributed by atoms with van der Waals surface area (Å²) in [5.74, 6) is 0.0709.